The zero-order valence-electron chi connectivity index (χ0n) is 22.2. The second-order valence-corrected chi connectivity index (χ2v) is 10.6. The lowest BCUT2D eigenvalue weighted by atomic mass is 10.0. The monoisotopic (exact) mass is 519 g/mol. The maximum atomic E-state index is 13.5. The van der Waals surface area contributed by atoms with Crippen LogP contribution >= 0.6 is 11.3 Å². The first kappa shape index (κ1) is 26.9. The zero-order valence-corrected chi connectivity index (χ0v) is 23.0. The number of amides is 2. The van der Waals surface area contributed by atoms with Crippen molar-refractivity contribution >= 4 is 28.8 Å². The molecule has 0 saturated heterocycles. The minimum absolute atomic E-state index is 0.0533. The van der Waals surface area contributed by atoms with Crippen molar-refractivity contribution in [1.29, 1.82) is 0 Å². The molecule has 0 radical (unpaired) electrons. The molecule has 1 aliphatic heterocycles. The molecule has 2 N–H and O–H groups in total. The van der Waals surface area contributed by atoms with E-state index in [4.69, 9.17) is 0 Å². The third-order valence-electron chi connectivity index (χ3n) is 6.67. The van der Waals surface area contributed by atoms with Gasteiger partial charge in [0, 0.05) is 45.0 Å². The van der Waals surface area contributed by atoms with Crippen LogP contribution in [-0.2, 0) is 22.7 Å². The Morgan fingerprint density at radius 3 is 2.38 bits per heavy atom. The largest absolute Gasteiger partial charge is 0.353 e. The van der Waals surface area contributed by atoms with Gasteiger partial charge in [-0.3, -0.25) is 14.6 Å². The van der Waals surface area contributed by atoms with Gasteiger partial charge in [0.1, 0.15) is 0 Å². The van der Waals surface area contributed by atoms with Crippen molar-refractivity contribution in [2.75, 3.05) is 38.1 Å². The summed E-state index contributed by atoms with van der Waals surface area (Å²) in [4.78, 5) is 28.3. The van der Waals surface area contributed by atoms with Gasteiger partial charge in [0.15, 0.2) is 0 Å². The molecule has 4 rings (SSSR count). The fourth-order valence-corrected chi connectivity index (χ4v) is 5.19. The number of carbonyl (C=O) groups is 2. The maximum Gasteiger partial charge on any atom is 0.256 e. The number of hydrogen-bond acceptors (Lipinski definition) is 6. The quantitative estimate of drug-likeness (QED) is 0.375. The van der Waals surface area contributed by atoms with E-state index in [9.17, 15) is 9.59 Å². The Kier molecular flexibility index (Phi) is 8.97. The number of rotatable bonds is 11. The van der Waals surface area contributed by atoms with Crippen LogP contribution in [0.1, 0.15) is 30.5 Å². The predicted octanol–water partition coefficient (Wildman–Crippen LogP) is 4.03. The van der Waals surface area contributed by atoms with Crippen molar-refractivity contribution in [2.45, 2.75) is 39.9 Å². The molecule has 2 heterocycles. The summed E-state index contributed by atoms with van der Waals surface area (Å²) in [5.41, 5.74) is 6.61. The summed E-state index contributed by atoms with van der Waals surface area (Å²) < 4.78 is 0. The van der Waals surface area contributed by atoms with E-state index in [1.807, 2.05) is 31.0 Å². The number of likely N-dealkylation sites (N-methyl/N-ethyl adjacent to an activating group) is 1. The van der Waals surface area contributed by atoms with E-state index >= 15 is 0 Å². The van der Waals surface area contributed by atoms with Gasteiger partial charge >= 0.3 is 0 Å². The van der Waals surface area contributed by atoms with E-state index in [0.29, 0.717) is 32.2 Å². The highest BCUT2D eigenvalue weighted by molar-refractivity contribution is 7.08. The van der Waals surface area contributed by atoms with Gasteiger partial charge in [-0.15, -0.1) is 0 Å². The Morgan fingerprint density at radius 1 is 1.00 bits per heavy atom. The maximum absolute atomic E-state index is 13.5. The van der Waals surface area contributed by atoms with Crippen LogP contribution in [-0.4, -0.2) is 61.1 Å². The van der Waals surface area contributed by atoms with Crippen molar-refractivity contribution in [3.05, 3.63) is 76.0 Å². The molecule has 0 aliphatic carbocycles. The van der Waals surface area contributed by atoms with Crippen LogP contribution < -0.4 is 15.5 Å². The Hall–Kier alpha value is -3.20. The van der Waals surface area contributed by atoms with E-state index in [0.717, 1.165) is 22.4 Å². The average molecular weight is 520 g/mol. The fourth-order valence-electron chi connectivity index (χ4n) is 4.53. The third-order valence-corrected chi connectivity index (χ3v) is 7.36. The number of hydrogen-bond donors (Lipinski definition) is 2. The number of thiophene rings is 1. The van der Waals surface area contributed by atoms with Crippen molar-refractivity contribution in [1.82, 2.24) is 20.7 Å². The number of hydrazine groups is 1. The molecule has 0 fully saturated rings. The van der Waals surface area contributed by atoms with E-state index in [2.05, 4.69) is 76.6 Å². The fraction of sp³-hybridized carbons (Fsp3) is 0.379. The summed E-state index contributed by atoms with van der Waals surface area (Å²) in [5, 5.41) is 14.2. The Labute approximate surface area is 224 Å². The van der Waals surface area contributed by atoms with Gasteiger partial charge in [-0.25, -0.2) is 5.01 Å². The molecule has 37 heavy (non-hydrogen) atoms. The number of carbonyl (C=O) groups excluding carboxylic acids is 2. The molecule has 0 atom stereocenters. The van der Waals surface area contributed by atoms with Crippen LogP contribution in [0, 0.1) is 6.92 Å². The van der Waals surface area contributed by atoms with Crippen molar-refractivity contribution in [3.63, 3.8) is 0 Å². The van der Waals surface area contributed by atoms with E-state index in [1.54, 1.807) is 16.3 Å². The van der Waals surface area contributed by atoms with Crippen LogP contribution in [0.25, 0.3) is 11.1 Å². The van der Waals surface area contributed by atoms with Crippen molar-refractivity contribution < 1.29 is 9.59 Å². The molecule has 196 valence electrons. The van der Waals surface area contributed by atoms with Gasteiger partial charge in [0.25, 0.3) is 5.91 Å². The van der Waals surface area contributed by atoms with Gasteiger partial charge in [-0.05, 0) is 57.6 Å². The minimum atomic E-state index is -0.102. The van der Waals surface area contributed by atoms with Crippen molar-refractivity contribution in [3.8, 4) is 11.1 Å². The number of nitrogens with zero attached hydrogens (tertiary/aromatic N) is 3. The topological polar surface area (TPSA) is 67.9 Å². The Balaban J connectivity index is 1.50. The number of nitrogens with one attached hydrogen (secondary N) is 2. The normalized spacial score (nSPS) is 13.0. The predicted molar refractivity (Wildman–Crippen MR) is 151 cm³/mol. The molecule has 1 aliphatic rings. The second kappa shape index (κ2) is 12.4. The van der Waals surface area contributed by atoms with Gasteiger partial charge < -0.3 is 15.5 Å². The number of benzene rings is 2. The first-order valence-corrected chi connectivity index (χ1v) is 13.7. The summed E-state index contributed by atoms with van der Waals surface area (Å²) in [5.74, 6) is -0.155. The Bertz CT molecular complexity index is 1190. The van der Waals surface area contributed by atoms with Crippen LogP contribution in [0.3, 0.4) is 0 Å². The van der Waals surface area contributed by atoms with Gasteiger partial charge in [0.05, 0.1) is 13.1 Å². The van der Waals surface area contributed by atoms with Crippen LogP contribution in [0.15, 0.2) is 59.3 Å². The molecule has 0 unspecified atom stereocenters. The molecule has 1 aromatic heterocycles. The minimum Gasteiger partial charge on any atom is -0.353 e. The molecule has 2 amide bonds. The Morgan fingerprint density at radius 2 is 1.73 bits per heavy atom. The highest BCUT2D eigenvalue weighted by Crippen LogP contribution is 2.30. The summed E-state index contributed by atoms with van der Waals surface area (Å²) in [7, 11) is 1.82. The van der Waals surface area contributed by atoms with E-state index in [-0.39, 0.29) is 24.9 Å². The molecular weight excluding hydrogens is 482 g/mol. The first-order chi connectivity index (χ1) is 17.8. The average Bonchev–Trinajstić information content (AvgIpc) is 3.56. The molecule has 3 aromatic rings. The SMILES string of the molecule is Cc1ccc(-c2ccsc2)cc1N(CC(=O)NCCNC(C)C)CC(=O)N(C)N1Cc2ccccc2C1. The molecule has 7 nitrogen and oxygen atoms in total. The van der Waals surface area contributed by atoms with Crippen LogP contribution in [0.2, 0.25) is 0 Å². The lowest BCUT2D eigenvalue weighted by Gasteiger charge is -2.32. The highest BCUT2D eigenvalue weighted by Gasteiger charge is 2.27. The van der Waals surface area contributed by atoms with Crippen LogP contribution in [0.5, 0.6) is 0 Å². The summed E-state index contributed by atoms with van der Waals surface area (Å²) in [6, 6.07) is 17.0. The smallest absolute Gasteiger partial charge is 0.256 e. The summed E-state index contributed by atoms with van der Waals surface area (Å²) >= 11 is 1.65. The first-order valence-electron chi connectivity index (χ1n) is 12.8. The molecular formula is C29H37N5O2S. The molecule has 8 heteroatoms. The summed E-state index contributed by atoms with van der Waals surface area (Å²) in [6.45, 7) is 9.04. The number of anilines is 1. The number of fused-ring (bicyclic) bond motifs is 1. The summed E-state index contributed by atoms with van der Waals surface area (Å²) in [6.07, 6.45) is 0. The lowest BCUT2D eigenvalue weighted by molar-refractivity contribution is -0.145. The zero-order chi connectivity index (χ0) is 26.4. The van der Waals surface area contributed by atoms with E-state index in [1.165, 1.54) is 11.1 Å². The highest BCUT2D eigenvalue weighted by atomic mass is 32.1. The van der Waals surface area contributed by atoms with Gasteiger partial charge in [-0.1, -0.05) is 50.2 Å². The van der Waals surface area contributed by atoms with Gasteiger partial charge in [-0.2, -0.15) is 11.3 Å². The standard InChI is InChI=1S/C29H37N5O2S/c1-21(2)30-12-13-31-28(35)18-33(27-15-23(10-9-22(27)3)26-11-14-37-20-26)19-29(36)32(4)34-16-24-7-5-6-8-25(24)17-34/h5-11,14-15,20-21,30H,12-13,16-19H2,1-4H3,(H,31,35). The molecule has 2 aromatic carbocycles. The molecule has 0 saturated carbocycles. The second-order valence-electron chi connectivity index (χ2n) is 9.84. The lowest BCUT2D eigenvalue weighted by Crippen LogP contribution is -2.48. The molecule has 0 bridgehead atoms. The number of aryl methyl sites for hydroxylation is 1. The molecule has 0 spiro atoms. The van der Waals surface area contributed by atoms with Gasteiger partial charge in [0.2, 0.25) is 5.91 Å². The van der Waals surface area contributed by atoms with E-state index < -0.39 is 0 Å². The van der Waals surface area contributed by atoms with Crippen molar-refractivity contribution in [2.24, 2.45) is 0 Å². The third kappa shape index (κ3) is 6.97. The van der Waals surface area contributed by atoms with Crippen LogP contribution in [0.4, 0.5) is 5.69 Å².